The molecule has 1 aromatic carbocycles. The minimum absolute atomic E-state index is 0.257. The maximum atomic E-state index is 12.3. The number of nitrogens with zero attached hydrogens (tertiary/aromatic N) is 5. The Morgan fingerprint density at radius 3 is 2.76 bits per heavy atom. The zero-order chi connectivity index (χ0) is 17.2. The fraction of sp³-hybridized carbons (Fsp3) is 0. The quantitative estimate of drug-likeness (QED) is 0.613. The van der Waals surface area contributed by atoms with Crippen LogP contribution in [0.2, 0.25) is 5.02 Å². The number of aromatic nitrogens is 5. The van der Waals surface area contributed by atoms with E-state index in [-0.39, 0.29) is 11.6 Å². The molecule has 4 aromatic rings. The Labute approximate surface area is 147 Å². The van der Waals surface area contributed by atoms with Gasteiger partial charge in [0, 0.05) is 11.8 Å². The smallest absolute Gasteiger partial charge is 0.275 e. The molecule has 0 saturated carbocycles. The predicted molar refractivity (Wildman–Crippen MR) is 93.4 cm³/mol. The number of carbonyl (C=O) groups excluding carboxylic acids is 1. The van der Waals surface area contributed by atoms with Crippen LogP contribution >= 0.6 is 11.6 Å². The van der Waals surface area contributed by atoms with E-state index in [4.69, 9.17) is 11.6 Å². The van der Waals surface area contributed by atoms with Crippen LogP contribution in [0.4, 0.5) is 5.82 Å². The topological polar surface area (TPSA) is 85.1 Å². The summed E-state index contributed by atoms with van der Waals surface area (Å²) in [4.78, 5) is 24.2. The molecule has 8 heteroatoms. The summed E-state index contributed by atoms with van der Waals surface area (Å²) >= 11 is 6.24. The molecule has 0 spiro atoms. The molecule has 0 saturated heterocycles. The third-order valence-corrected chi connectivity index (χ3v) is 3.90. The van der Waals surface area contributed by atoms with Gasteiger partial charge in [-0.05, 0) is 24.3 Å². The molecule has 25 heavy (non-hydrogen) atoms. The average Bonchev–Trinajstić information content (AvgIpc) is 3.05. The van der Waals surface area contributed by atoms with E-state index in [9.17, 15) is 4.79 Å². The molecule has 1 N–H and O–H groups in total. The lowest BCUT2D eigenvalue weighted by Crippen LogP contribution is -2.15. The Hall–Kier alpha value is -3.32. The first-order valence-electron chi connectivity index (χ1n) is 7.39. The van der Waals surface area contributed by atoms with Crippen molar-refractivity contribution in [2.24, 2.45) is 0 Å². The number of nitrogens with one attached hydrogen (secondary N) is 1. The molecule has 0 aliphatic heterocycles. The largest absolute Gasteiger partial charge is 0.304 e. The van der Waals surface area contributed by atoms with Crippen molar-refractivity contribution in [3.8, 4) is 11.3 Å². The Morgan fingerprint density at radius 1 is 1.08 bits per heavy atom. The first-order chi connectivity index (χ1) is 12.2. The lowest BCUT2D eigenvalue weighted by Gasteiger charge is -2.06. The molecule has 3 heterocycles. The third-order valence-electron chi connectivity index (χ3n) is 3.57. The number of anilines is 1. The van der Waals surface area contributed by atoms with Crippen LogP contribution < -0.4 is 5.32 Å². The van der Waals surface area contributed by atoms with Crippen molar-refractivity contribution in [2.75, 3.05) is 5.32 Å². The number of hydrogen-bond acceptors (Lipinski definition) is 5. The van der Waals surface area contributed by atoms with Gasteiger partial charge in [-0.1, -0.05) is 29.8 Å². The number of imidazole rings is 1. The second-order valence-corrected chi connectivity index (χ2v) is 5.57. The van der Waals surface area contributed by atoms with Crippen LogP contribution in [0.3, 0.4) is 0 Å². The van der Waals surface area contributed by atoms with Crippen LogP contribution in [0.5, 0.6) is 0 Å². The minimum atomic E-state index is -0.367. The van der Waals surface area contributed by atoms with Gasteiger partial charge in [-0.15, -0.1) is 0 Å². The summed E-state index contributed by atoms with van der Waals surface area (Å²) in [6.45, 7) is 0. The lowest BCUT2D eigenvalue weighted by atomic mass is 10.1. The van der Waals surface area contributed by atoms with E-state index in [1.54, 1.807) is 10.6 Å². The highest BCUT2D eigenvalue weighted by Crippen LogP contribution is 2.26. The zero-order valence-corrected chi connectivity index (χ0v) is 13.6. The Kier molecular flexibility index (Phi) is 3.83. The van der Waals surface area contributed by atoms with Gasteiger partial charge in [0.2, 0.25) is 0 Å². The van der Waals surface area contributed by atoms with E-state index in [1.165, 1.54) is 24.8 Å². The summed E-state index contributed by atoms with van der Waals surface area (Å²) in [5, 5.41) is 7.88. The van der Waals surface area contributed by atoms with Crippen molar-refractivity contribution in [1.29, 1.82) is 0 Å². The Balaban J connectivity index is 1.72. The lowest BCUT2D eigenvalue weighted by molar-refractivity contribution is 0.102. The standard InChI is InChI=1S/C17H11ClN6O/c18-12-4-2-1-3-11(12)13-5-6-15-20-9-16(24(15)23-13)22-17(25)14-7-8-19-10-21-14/h1-10H,(H,22,25). The van der Waals surface area contributed by atoms with Crippen molar-refractivity contribution in [2.45, 2.75) is 0 Å². The van der Waals surface area contributed by atoms with Gasteiger partial charge in [0.05, 0.1) is 16.9 Å². The Morgan fingerprint density at radius 2 is 1.96 bits per heavy atom. The fourth-order valence-electron chi connectivity index (χ4n) is 2.38. The summed E-state index contributed by atoms with van der Waals surface area (Å²) in [5.74, 6) is 0.0710. The van der Waals surface area contributed by atoms with Crippen molar-refractivity contribution in [1.82, 2.24) is 24.6 Å². The van der Waals surface area contributed by atoms with E-state index >= 15 is 0 Å². The summed E-state index contributed by atoms with van der Waals surface area (Å²) in [7, 11) is 0. The number of benzene rings is 1. The molecular formula is C17H11ClN6O. The van der Waals surface area contributed by atoms with Crippen LogP contribution in [0.15, 0.2) is 61.2 Å². The maximum absolute atomic E-state index is 12.3. The molecule has 0 aliphatic carbocycles. The molecule has 122 valence electrons. The Bertz CT molecular complexity index is 1060. The highest BCUT2D eigenvalue weighted by molar-refractivity contribution is 6.33. The van der Waals surface area contributed by atoms with Gasteiger partial charge in [0.15, 0.2) is 11.5 Å². The SMILES string of the molecule is O=C(Nc1cnc2ccc(-c3ccccc3Cl)nn12)c1ccncn1. The van der Waals surface area contributed by atoms with E-state index in [1.807, 2.05) is 30.3 Å². The molecule has 0 unspecified atom stereocenters. The number of fused-ring (bicyclic) bond motifs is 1. The van der Waals surface area contributed by atoms with Crippen LogP contribution in [-0.4, -0.2) is 30.5 Å². The van der Waals surface area contributed by atoms with E-state index in [0.717, 1.165) is 5.56 Å². The van der Waals surface area contributed by atoms with Gasteiger partial charge in [-0.3, -0.25) is 4.79 Å². The molecule has 7 nitrogen and oxygen atoms in total. The molecule has 4 rings (SSSR count). The van der Waals surface area contributed by atoms with Gasteiger partial charge in [0.25, 0.3) is 5.91 Å². The van der Waals surface area contributed by atoms with E-state index in [2.05, 4.69) is 25.4 Å². The predicted octanol–water partition coefficient (Wildman–Crippen LogP) is 3.09. The highest BCUT2D eigenvalue weighted by atomic mass is 35.5. The van der Waals surface area contributed by atoms with Crippen molar-refractivity contribution < 1.29 is 4.79 Å². The monoisotopic (exact) mass is 350 g/mol. The minimum Gasteiger partial charge on any atom is -0.304 e. The van der Waals surface area contributed by atoms with Gasteiger partial charge >= 0.3 is 0 Å². The van der Waals surface area contributed by atoms with Gasteiger partial charge in [0.1, 0.15) is 12.0 Å². The summed E-state index contributed by atoms with van der Waals surface area (Å²) in [6.07, 6.45) is 4.36. The number of rotatable bonds is 3. The molecule has 1 amide bonds. The number of hydrogen-bond donors (Lipinski definition) is 1. The number of carbonyl (C=O) groups is 1. The maximum Gasteiger partial charge on any atom is 0.275 e. The van der Waals surface area contributed by atoms with Gasteiger partial charge in [-0.2, -0.15) is 9.61 Å². The van der Waals surface area contributed by atoms with Gasteiger partial charge in [-0.25, -0.2) is 15.0 Å². The normalized spacial score (nSPS) is 10.8. The van der Waals surface area contributed by atoms with E-state index < -0.39 is 0 Å². The number of amides is 1. The van der Waals surface area contributed by atoms with Crippen LogP contribution in [0.1, 0.15) is 10.5 Å². The second kappa shape index (κ2) is 6.29. The van der Waals surface area contributed by atoms with E-state index in [0.29, 0.717) is 22.2 Å². The summed E-state index contributed by atoms with van der Waals surface area (Å²) < 4.78 is 1.55. The summed E-state index contributed by atoms with van der Waals surface area (Å²) in [6, 6.07) is 12.6. The van der Waals surface area contributed by atoms with Crippen LogP contribution in [0, 0.1) is 0 Å². The molecule has 0 radical (unpaired) electrons. The molecule has 3 aromatic heterocycles. The fourth-order valence-corrected chi connectivity index (χ4v) is 2.61. The molecular weight excluding hydrogens is 340 g/mol. The highest BCUT2D eigenvalue weighted by Gasteiger charge is 2.13. The van der Waals surface area contributed by atoms with Crippen LogP contribution in [-0.2, 0) is 0 Å². The molecule has 0 fully saturated rings. The van der Waals surface area contributed by atoms with Crippen LogP contribution in [0.25, 0.3) is 16.9 Å². The second-order valence-electron chi connectivity index (χ2n) is 5.16. The van der Waals surface area contributed by atoms with Gasteiger partial charge < -0.3 is 5.32 Å². The zero-order valence-electron chi connectivity index (χ0n) is 12.8. The molecule has 0 bridgehead atoms. The first-order valence-corrected chi connectivity index (χ1v) is 7.77. The third kappa shape index (κ3) is 2.92. The molecule has 0 atom stereocenters. The van der Waals surface area contributed by atoms with Crippen molar-refractivity contribution >= 4 is 29.0 Å². The average molecular weight is 351 g/mol. The molecule has 0 aliphatic rings. The number of halogens is 1. The van der Waals surface area contributed by atoms with Crippen molar-refractivity contribution in [3.63, 3.8) is 0 Å². The van der Waals surface area contributed by atoms with Crippen molar-refractivity contribution in [3.05, 3.63) is 71.9 Å². The first kappa shape index (κ1) is 15.2. The summed E-state index contributed by atoms with van der Waals surface area (Å²) in [5.41, 5.74) is 2.34.